The maximum Gasteiger partial charge on any atom is 0.316 e. The number of nitrogens with one attached hydrogen (secondary N) is 4. The predicted octanol–water partition coefficient (Wildman–Crippen LogP) is 3.37. The summed E-state index contributed by atoms with van der Waals surface area (Å²) < 4.78 is 0. The molecule has 1 saturated heterocycles. The van der Waals surface area contributed by atoms with Crippen molar-refractivity contribution in [3.05, 3.63) is 42.5 Å². The number of thioether (sulfide) groups is 1. The van der Waals surface area contributed by atoms with Crippen LogP contribution in [0.25, 0.3) is 0 Å². The van der Waals surface area contributed by atoms with Crippen LogP contribution in [0.1, 0.15) is 71.7 Å². The van der Waals surface area contributed by atoms with Gasteiger partial charge in [-0.1, -0.05) is 47.6 Å². The van der Waals surface area contributed by atoms with Crippen molar-refractivity contribution in [3.8, 4) is 0 Å². The van der Waals surface area contributed by atoms with Crippen molar-refractivity contribution in [3.63, 3.8) is 0 Å². The molecule has 0 saturated carbocycles. The SMILES string of the molecule is C=CCNC(=O)C(=O)C(NC=O)SCC.CC(C)C(NC(=O)NC(C(=O)N1CCCC1C)C(C)(C)C)C(=O)c1ccc(N(C)C)cc1. The van der Waals surface area contributed by atoms with Crippen LogP contribution in [-0.2, 0) is 19.2 Å². The fraction of sp³-hybridized carbons (Fsp3) is 0.588. The Labute approximate surface area is 284 Å². The molecule has 0 spiro atoms. The van der Waals surface area contributed by atoms with Crippen molar-refractivity contribution >= 4 is 53.3 Å². The highest BCUT2D eigenvalue weighted by Crippen LogP contribution is 2.25. The molecule has 1 fully saturated rings. The van der Waals surface area contributed by atoms with Gasteiger partial charge in [-0.25, -0.2) is 4.79 Å². The summed E-state index contributed by atoms with van der Waals surface area (Å²) in [5.41, 5.74) is 1.08. The molecule has 13 heteroatoms. The van der Waals surface area contributed by atoms with Crippen LogP contribution in [0.3, 0.4) is 0 Å². The molecule has 4 unspecified atom stereocenters. The highest BCUT2D eigenvalue weighted by Gasteiger charge is 2.39. The Hall–Kier alpha value is -3.87. The smallest absolute Gasteiger partial charge is 0.316 e. The lowest BCUT2D eigenvalue weighted by molar-refractivity contribution is -0.138. The average Bonchev–Trinajstić information content (AvgIpc) is 3.45. The van der Waals surface area contributed by atoms with E-state index >= 15 is 0 Å². The van der Waals surface area contributed by atoms with Crippen molar-refractivity contribution < 1.29 is 28.8 Å². The Bertz CT molecular complexity index is 1230. The van der Waals surface area contributed by atoms with Crippen molar-refractivity contribution in [2.45, 2.75) is 84.8 Å². The zero-order valence-electron chi connectivity index (χ0n) is 29.3. The van der Waals surface area contributed by atoms with E-state index in [0.717, 1.165) is 18.5 Å². The average molecular weight is 675 g/mol. The normalized spacial score (nSPS) is 16.0. The van der Waals surface area contributed by atoms with Crippen molar-refractivity contribution in [1.29, 1.82) is 0 Å². The molecular formula is C34H54N6O6S. The fourth-order valence-electron chi connectivity index (χ4n) is 4.83. The second-order valence-electron chi connectivity index (χ2n) is 12.9. The van der Waals surface area contributed by atoms with E-state index in [1.54, 1.807) is 12.1 Å². The summed E-state index contributed by atoms with van der Waals surface area (Å²) in [5.74, 6) is -1.06. The largest absolute Gasteiger partial charge is 0.378 e. The lowest BCUT2D eigenvalue weighted by Gasteiger charge is -2.35. The second-order valence-corrected chi connectivity index (χ2v) is 14.3. The van der Waals surface area contributed by atoms with Gasteiger partial charge in [0, 0.05) is 44.5 Å². The van der Waals surface area contributed by atoms with Gasteiger partial charge in [0.1, 0.15) is 11.4 Å². The summed E-state index contributed by atoms with van der Waals surface area (Å²) in [7, 11) is 3.88. The molecule has 262 valence electrons. The van der Waals surface area contributed by atoms with Gasteiger partial charge in [-0.2, -0.15) is 0 Å². The molecule has 2 rings (SSSR count). The maximum absolute atomic E-state index is 13.2. The summed E-state index contributed by atoms with van der Waals surface area (Å²) in [6.45, 7) is 17.8. The van der Waals surface area contributed by atoms with Crippen molar-refractivity contribution in [1.82, 2.24) is 26.2 Å². The minimum absolute atomic E-state index is 0.0654. The fourth-order valence-corrected chi connectivity index (χ4v) is 5.57. The van der Waals surface area contributed by atoms with Gasteiger partial charge in [-0.05, 0) is 61.1 Å². The number of benzene rings is 1. The van der Waals surface area contributed by atoms with E-state index in [2.05, 4.69) is 27.8 Å². The van der Waals surface area contributed by atoms with Gasteiger partial charge < -0.3 is 31.1 Å². The number of hydrogen-bond acceptors (Lipinski definition) is 8. The number of carbonyl (C=O) groups is 6. The van der Waals surface area contributed by atoms with Gasteiger partial charge in [0.2, 0.25) is 12.3 Å². The zero-order chi connectivity index (χ0) is 35.9. The first-order valence-electron chi connectivity index (χ1n) is 15.9. The van der Waals surface area contributed by atoms with E-state index < -0.39 is 40.6 Å². The number of anilines is 1. The number of urea groups is 1. The zero-order valence-corrected chi connectivity index (χ0v) is 30.2. The summed E-state index contributed by atoms with van der Waals surface area (Å²) in [6.07, 6.45) is 3.84. The monoisotopic (exact) mass is 674 g/mol. The third kappa shape index (κ3) is 13.0. The van der Waals surface area contributed by atoms with Gasteiger partial charge in [0.05, 0.1) is 6.04 Å². The maximum atomic E-state index is 13.2. The first-order valence-corrected chi connectivity index (χ1v) is 17.0. The van der Waals surface area contributed by atoms with E-state index in [-0.39, 0.29) is 30.2 Å². The second kappa shape index (κ2) is 19.7. The molecule has 1 aromatic carbocycles. The van der Waals surface area contributed by atoms with E-state index in [1.807, 2.05) is 84.5 Å². The quantitative estimate of drug-likeness (QED) is 0.0726. The van der Waals surface area contributed by atoms with Crippen molar-refractivity contribution in [2.24, 2.45) is 11.3 Å². The summed E-state index contributed by atoms with van der Waals surface area (Å²) >= 11 is 1.19. The number of nitrogens with zero attached hydrogens (tertiary/aromatic N) is 2. The molecule has 47 heavy (non-hydrogen) atoms. The molecule has 1 aliphatic heterocycles. The third-order valence-corrected chi connectivity index (χ3v) is 8.57. The lowest BCUT2D eigenvalue weighted by Crippen LogP contribution is -2.59. The standard InChI is InChI=1S/C25H40N4O3.C9H14N2O3S/c1-16(2)20(21(30)18-11-13-19(14-12-18)28(7)8)26-24(32)27-22(25(4,5)6)23(31)29-15-9-10-17(29)3;1-3-5-10-8(14)7(13)9(11-6-12)15-4-2/h11-14,16-17,20,22H,9-10,15H2,1-8H3,(H2,26,27,32);3,6,9H,1,4-5H2,2H3,(H,10,14)(H,11,12). The highest BCUT2D eigenvalue weighted by atomic mass is 32.2. The highest BCUT2D eigenvalue weighted by molar-refractivity contribution is 8.00. The first-order chi connectivity index (χ1) is 22.0. The Morgan fingerprint density at radius 3 is 2.15 bits per heavy atom. The van der Waals surface area contributed by atoms with Crippen LogP contribution >= 0.6 is 11.8 Å². The Morgan fingerprint density at radius 1 is 1.09 bits per heavy atom. The van der Waals surface area contributed by atoms with Crippen LogP contribution in [0.4, 0.5) is 10.5 Å². The topological polar surface area (TPSA) is 157 Å². The molecule has 0 aromatic heterocycles. The van der Waals surface area contributed by atoms with E-state index in [4.69, 9.17) is 0 Å². The molecule has 1 aliphatic rings. The number of amides is 5. The molecule has 1 heterocycles. The van der Waals surface area contributed by atoms with Crippen LogP contribution in [0.15, 0.2) is 36.9 Å². The molecule has 0 radical (unpaired) electrons. The van der Waals surface area contributed by atoms with Gasteiger partial charge in [0.15, 0.2) is 5.78 Å². The minimum atomic E-state index is -0.808. The van der Waals surface area contributed by atoms with Gasteiger partial charge in [-0.3, -0.25) is 24.0 Å². The van der Waals surface area contributed by atoms with Gasteiger partial charge in [0.25, 0.3) is 11.7 Å². The van der Waals surface area contributed by atoms with Crippen molar-refractivity contribution in [2.75, 3.05) is 37.8 Å². The molecule has 4 N–H and O–H groups in total. The summed E-state index contributed by atoms with van der Waals surface area (Å²) in [5, 5.41) is 9.53. The molecule has 0 bridgehead atoms. The van der Waals surface area contributed by atoms with Crippen LogP contribution in [0.2, 0.25) is 0 Å². The molecule has 1 aromatic rings. The van der Waals surface area contributed by atoms with E-state index in [0.29, 0.717) is 24.3 Å². The summed E-state index contributed by atoms with van der Waals surface area (Å²) in [4.78, 5) is 76.0. The number of carbonyl (C=O) groups excluding carboxylic acids is 6. The van der Waals surface area contributed by atoms with Crippen LogP contribution in [0, 0.1) is 11.3 Å². The molecule has 0 aliphatic carbocycles. The number of Topliss-reactive ketones (excluding diaryl/α,β-unsaturated/α-hetero) is 2. The Kier molecular flexibility index (Phi) is 17.3. The number of hydrogen-bond donors (Lipinski definition) is 4. The Balaban J connectivity index is 0.000000620. The number of rotatable bonds is 15. The number of ketones is 2. The molecular weight excluding hydrogens is 620 g/mol. The lowest BCUT2D eigenvalue weighted by atomic mass is 9.85. The van der Waals surface area contributed by atoms with Crippen LogP contribution < -0.4 is 26.2 Å². The third-order valence-electron chi connectivity index (χ3n) is 7.55. The molecule has 5 amide bonds. The van der Waals surface area contributed by atoms with Crippen LogP contribution in [0.5, 0.6) is 0 Å². The molecule has 4 atom stereocenters. The Morgan fingerprint density at radius 2 is 1.70 bits per heavy atom. The number of likely N-dealkylation sites (tertiary alicyclic amines) is 1. The van der Waals surface area contributed by atoms with E-state index in [9.17, 15) is 28.8 Å². The molecule has 12 nitrogen and oxygen atoms in total. The minimum Gasteiger partial charge on any atom is -0.378 e. The summed E-state index contributed by atoms with van der Waals surface area (Å²) in [6, 6.07) is 5.64. The van der Waals surface area contributed by atoms with E-state index in [1.165, 1.54) is 17.8 Å². The first kappa shape index (κ1) is 41.2. The predicted molar refractivity (Wildman–Crippen MR) is 188 cm³/mol. The van der Waals surface area contributed by atoms with Gasteiger partial charge in [-0.15, -0.1) is 18.3 Å². The van der Waals surface area contributed by atoms with Gasteiger partial charge >= 0.3 is 6.03 Å². The van der Waals surface area contributed by atoms with Crippen LogP contribution in [-0.4, -0.2) is 97.2 Å².